The molecule has 3 heteroatoms. The predicted molar refractivity (Wildman–Crippen MR) is 184 cm³/mol. The second kappa shape index (κ2) is 17.0. The molecule has 1 aromatic rings. The van der Waals surface area contributed by atoms with Crippen LogP contribution in [0.2, 0.25) is 62.5 Å². The highest BCUT2D eigenvalue weighted by Gasteiger charge is 2.33. The normalized spacial score (nSPS) is 13.5. The van der Waals surface area contributed by atoms with Crippen molar-refractivity contribution < 1.29 is 0 Å². The fourth-order valence-electron chi connectivity index (χ4n) is 7.20. The van der Waals surface area contributed by atoms with E-state index in [2.05, 4.69) is 106 Å². The minimum atomic E-state index is -1.12. The minimum Gasteiger partial charge on any atom is -0.0693 e. The molecular weight excluding hydrogens is 505 g/mol. The Balaban J connectivity index is 3.20. The summed E-state index contributed by atoms with van der Waals surface area (Å²) in [5.41, 5.74) is 3.54. The van der Waals surface area contributed by atoms with Crippen LogP contribution in [0.3, 0.4) is 0 Å². The van der Waals surface area contributed by atoms with Crippen LogP contribution in [-0.2, 0) is 5.41 Å². The van der Waals surface area contributed by atoms with Crippen molar-refractivity contribution in [1.29, 1.82) is 0 Å². The highest BCUT2D eigenvalue weighted by Crippen LogP contribution is 2.42. The van der Waals surface area contributed by atoms with Gasteiger partial charge in [-0.1, -0.05) is 161 Å². The summed E-state index contributed by atoms with van der Waals surface area (Å²) in [5, 5.41) is 0. The molecular formula is C35H68Si3. The van der Waals surface area contributed by atoms with Gasteiger partial charge < -0.3 is 0 Å². The van der Waals surface area contributed by atoms with Gasteiger partial charge in [0.2, 0.25) is 0 Å². The van der Waals surface area contributed by atoms with Gasteiger partial charge in [0.25, 0.3) is 0 Å². The Bertz CT molecular complexity index is 715. The van der Waals surface area contributed by atoms with E-state index in [1.807, 2.05) is 0 Å². The molecule has 0 aliphatic heterocycles. The molecule has 0 N–H and O–H groups in total. The van der Waals surface area contributed by atoms with Crippen LogP contribution in [0.25, 0.3) is 0 Å². The molecule has 0 saturated carbocycles. The van der Waals surface area contributed by atoms with Crippen LogP contribution in [0, 0.1) is 17.8 Å². The zero-order chi connectivity index (χ0) is 29.0. The zero-order valence-corrected chi connectivity index (χ0v) is 31.1. The van der Waals surface area contributed by atoms with Crippen molar-refractivity contribution in [2.75, 3.05) is 0 Å². The van der Waals surface area contributed by atoms with Crippen molar-refractivity contribution >= 4 is 25.7 Å². The highest BCUT2D eigenvalue weighted by molar-refractivity contribution is 6.77. The molecule has 220 valence electrons. The first-order chi connectivity index (χ1) is 17.6. The van der Waals surface area contributed by atoms with Crippen LogP contribution in [-0.4, -0.2) is 25.7 Å². The Hall–Kier alpha value is -0.129. The summed E-state index contributed by atoms with van der Waals surface area (Å²) in [6.45, 7) is 29.8. The summed E-state index contributed by atoms with van der Waals surface area (Å²) < 4.78 is 0. The van der Waals surface area contributed by atoms with Gasteiger partial charge in [-0.15, -0.1) is 0 Å². The average Bonchev–Trinajstić information content (AvgIpc) is 2.76. The molecule has 0 nitrogen and oxygen atoms in total. The summed E-state index contributed by atoms with van der Waals surface area (Å²) in [7, 11) is -1.09. The van der Waals surface area contributed by atoms with E-state index >= 15 is 0 Å². The first kappa shape index (κ1) is 35.9. The molecule has 0 unspecified atom stereocenters. The van der Waals surface area contributed by atoms with Gasteiger partial charge in [-0.25, -0.2) is 0 Å². The number of benzene rings is 1. The lowest BCUT2D eigenvalue weighted by Crippen LogP contribution is -2.32. The first-order valence-corrected chi connectivity index (χ1v) is 24.6. The van der Waals surface area contributed by atoms with Crippen molar-refractivity contribution in [2.45, 2.75) is 168 Å². The van der Waals surface area contributed by atoms with E-state index in [0.717, 1.165) is 27.3 Å². The van der Waals surface area contributed by atoms with E-state index < -0.39 is 16.1 Å². The van der Waals surface area contributed by atoms with Crippen LogP contribution in [0.15, 0.2) is 24.3 Å². The molecule has 0 fully saturated rings. The standard InChI is InChI=1S/C35H68Si3/c1-29(2)26-36-23-13-20-35(21-14-24-37(9,10)27-30(3)4,22-15-25-38(11,12)28-31(5)6)34-18-16-33(17-19-34)32(7)8/h16-19,29-32H,13-15,20-28H2,1-12H3. The third-order valence-corrected chi connectivity index (χ3v) is 17.8. The van der Waals surface area contributed by atoms with Crippen molar-refractivity contribution in [2.24, 2.45) is 17.8 Å². The van der Waals surface area contributed by atoms with Gasteiger partial charge in [-0.2, -0.15) is 0 Å². The SMILES string of the molecule is CC(C)C[Si]CCCC(CCC[Si](C)(C)CC(C)C)(CCC[Si](C)(C)CC(C)C)c1ccc(C(C)C)cc1. The van der Waals surface area contributed by atoms with Crippen LogP contribution < -0.4 is 0 Å². The molecule has 0 bridgehead atoms. The largest absolute Gasteiger partial charge is 0.0693 e. The molecule has 0 aliphatic rings. The lowest BCUT2D eigenvalue weighted by Gasteiger charge is -2.38. The summed E-state index contributed by atoms with van der Waals surface area (Å²) in [4.78, 5) is 0. The van der Waals surface area contributed by atoms with Crippen molar-refractivity contribution in [3.8, 4) is 0 Å². The van der Waals surface area contributed by atoms with Gasteiger partial charge in [-0.3, -0.25) is 0 Å². The van der Waals surface area contributed by atoms with E-state index in [9.17, 15) is 0 Å². The maximum absolute atomic E-state index is 2.65. The number of hydrogen-bond acceptors (Lipinski definition) is 0. The molecule has 2 radical (unpaired) electrons. The van der Waals surface area contributed by atoms with E-state index in [0.29, 0.717) is 11.3 Å². The Morgan fingerprint density at radius 1 is 0.632 bits per heavy atom. The van der Waals surface area contributed by atoms with Gasteiger partial charge in [0, 0.05) is 25.7 Å². The molecule has 0 aromatic heterocycles. The summed E-state index contributed by atoms with van der Waals surface area (Å²) >= 11 is 0. The quantitative estimate of drug-likeness (QED) is 0.108. The van der Waals surface area contributed by atoms with Crippen LogP contribution in [0.5, 0.6) is 0 Å². The molecule has 1 rings (SSSR count). The van der Waals surface area contributed by atoms with Gasteiger partial charge in [0.05, 0.1) is 0 Å². The zero-order valence-electron chi connectivity index (χ0n) is 28.1. The Morgan fingerprint density at radius 2 is 1.08 bits per heavy atom. The van der Waals surface area contributed by atoms with Crippen LogP contribution in [0.1, 0.15) is 111 Å². The smallest absolute Gasteiger partial charge is 0.0476 e. The van der Waals surface area contributed by atoms with Crippen molar-refractivity contribution in [3.63, 3.8) is 0 Å². The minimum absolute atomic E-state index is 0.377. The second-order valence-corrected chi connectivity index (χ2v) is 27.9. The van der Waals surface area contributed by atoms with Crippen molar-refractivity contribution in [1.82, 2.24) is 0 Å². The topological polar surface area (TPSA) is 0 Å². The summed E-state index contributed by atoms with van der Waals surface area (Å²) in [6.07, 6.45) is 8.48. The van der Waals surface area contributed by atoms with E-state index in [1.165, 1.54) is 80.4 Å². The molecule has 38 heavy (non-hydrogen) atoms. The first-order valence-electron chi connectivity index (χ1n) is 16.4. The molecule has 0 spiro atoms. The molecule has 0 aliphatic carbocycles. The lowest BCUT2D eigenvalue weighted by atomic mass is 9.70. The summed E-state index contributed by atoms with van der Waals surface area (Å²) in [6, 6.07) is 18.8. The third kappa shape index (κ3) is 14.5. The number of hydrogen-bond donors (Lipinski definition) is 0. The molecule has 1 aromatic carbocycles. The second-order valence-electron chi connectivity index (χ2n) is 16.0. The fraction of sp³-hybridized carbons (Fsp3) is 0.829. The maximum Gasteiger partial charge on any atom is 0.0476 e. The van der Waals surface area contributed by atoms with E-state index in [1.54, 1.807) is 5.56 Å². The molecule has 0 atom stereocenters. The molecule has 0 amide bonds. The van der Waals surface area contributed by atoms with Gasteiger partial charge in [0.1, 0.15) is 0 Å². The Labute approximate surface area is 245 Å². The van der Waals surface area contributed by atoms with E-state index in [-0.39, 0.29) is 0 Å². The highest BCUT2D eigenvalue weighted by atomic mass is 28.3. The summed E-state index contributed by atoms with van der Waals surface area (Å²) in [5.74, 6) is 3.16. The predicted octanol–water partition coefficient (Wildman–Crippen LogP) is 12.3. The number of rotatable bonds is 20. The molecule has 0 saturated heterocycles. The average molecular weight is 573 g/mol. The van der Waals surface area contributed by atoms with Gasteiger partial charge in [0.15, 0.2) is 0 Å². The van der Waals surface area contributed by atoms with Crippen LogP contribution >= 0.6 is 0 Å². The fourth-order valence-corrected chi connectivity index (χ4v) is 15.5. The van der Waals surface area contributed by atoms with Crippen LogP contribution in [0.4, 0.5) is 0 Å². The van der Waals surface area contributed by atoms with Gasteiger partial charge >= 0.3 is 0 Å². The molecule has 0 heterocycles. The van der Waals surface area contributed by atoms with Crippen molar-refractivity contribution in [3.05, 3.63) is 35.4 Å². The maximum atomic E-state index is 2.65. The Kier molecular flexibility index (Phi) is 16.0. The monoisotopic (exact) mass is 572 g/mol. The Morgan fingerprint density at radius 3 is 1.47 bits per heavy atom. The third-order valence-electron chi connectivity index (χ3n) is 8.69. The lowest BCUT2D eigenvalue weighted by molar-refractivity contribution is 0.325. The van der Waals surface area contributed by atoms with Gasteiger partial charge in [-0.05, 0) is 59.5 Å². The van der Waals surface area contributed by atoms with E-state index in [4.69, 9.17) is 0 Å².